The van der Waals surface area contributed by atoms with Crippen LogP contribution in [0.1, 0.15) is 0 Å². The van der Waals surface area contributed by atoms with Gasteiger partial charge in [0.05, 0.1) is 0 Å². The van der Waals surface area contributed by atoms with E-state index in [2.05, 4.69) is 25.4 Å². The highest BCUT2D eigenvalue weighted by Gasteiger charge is 2.14. The first-order valence-electron chi connectivity index (χ1n) is 5.76. The normalized spacial score (nSPS) is 10.4. The zero-order valence-electron chi connectivity index (χ0n) is 10.2. The highest BCUT2D eigenvalue weighted by atomic mass is 16.5. The maximum atomic E-state index is 5.27. The van der Waals surface area contributed by atoms with Gasteiger partial charge in [-0.15, -0.1) is 0 Å². The number of nitrogens with zero attached hydrogens (tertiary/aromatic N) is 4. The minimum Gasteiger partial charge on any atom is -0.372 e. The molecule has 0 unspecified atom stereocenters. The molecule has 0 bridgehead atoms. The molecule has 19 heavy (non-hydrogen) atoms. The third-order valence-corrected chi connectivity index (χ3v) is 2.64. The van der Waals surface area contributed by atoms with Gasteiger partial charge in [0, 0.05) is 18.8 Å². The van der Waals surface area contributed by atoms with Crippen LogP contribution < -0.4 is 5.32 Å². The van der Waals surface area contributed by atoms with Crippen LogP contribution in [0.3, 0.4) is 0 Å². The van der Waals surface area contributed by atoms with Crippen LogP contribution >= 0.6 is 0 Å². The number of aromatic nitrogens is 4. The molecule has 0 aliphatic heterocycles. The van der Waals surface area contributed by atoms with Crippen LogP contribution in [0.15, 0.2) is 47.4 Å². The van der Waals surface area contributed by atoms with E-state index in [0.29, 0.717) is 23.1 Å². The lowest BCUT2D eigenvalue weighted by Crippen LogP contribution is -1.96. The Morgan fingerprint density at radius 1 is 1.16 bits per heavy atom. The van der Waals surface area contributed by atoms with E-state index >= 15 is 0 Å². The molecule has 0 amide bonds. The third-order valence-electron chi connectivity index (χ3n) is 2.64. The van der Waals surface area contributed by atoms with Crippen LogP contribution in [0.2, 0.25) is 0 Å². The van der Waals surface area contributed by atoms with E-state index in [1.807, 2.05) is 30.3 Å². The average molecular weight is 253 g/mol. The van der Waals surface area contributed by atoms with E-state index in [0.717, 1.165) is 5.56 Å². The summed E-state index contributed by atoms with van der Waals surface area (Å²) < 4.78 is 5.27. The first-order chi connectivity index (χ1) is 9.38. The molecule has 2 aromatic heterocycles. The van der Waals surface area contributed by atoms with Crippen LogP contribution in [0.4, 0.5) is 5.82 Å². The summed E-state index contributed by atoms with van der Waals surface area (Å²) in [5, 5.41) is 6.93. The predicted molar refractivity (Wildman–Crippen MR) is 70.3 cm³/mol. The van der Waals surface area contributed by atoms with Crippen LogP contribution in [0.25, 0.3) is 22.8 Å². The summed E-state index contributed by atoms with van der Waals surface area (Å²) in [4.78, 5) is 12.4. The molecule has 94 valence electrons. The molecule has 6 nitrogen and oxygen atoms in total. The van der Waals surface area contributed by atoms with E-state index in [4.69, 9.17) is 4.52 Å². The summed E-state index contributed by atoms with van der Waals surface area (Å²) in [6, 6.07) is 9.64. The van der Waals surface area contributed by atoms with Crippen molar-refractivity contribution in [3.63, 3.8) is 0 Å². The Morgan fingerprint density at radius 2 is 2.00 bits per heavy atom. The van der Waals surface area contributed by atoms with E-state index in [1.165, 1.54) is 6.33 Å². The second kappa shape index (κ2) is 4.85. The van der Waals surface area contributed by atoms with E-state index in [-0.39, 0.29) is 0 Å². The van der Waals surface area contributed by atoms with Crippen molar-refractivity contribution in [1.29, 1.82) is 0 Å². The van der Waals surface area contributed by atoms with Crippen molar-refractivity contribution in [3.05, 3.63) is 42.9 Å². The lowest BCUT2D eigenvalue weighted by Gasteiger charge is -2.01. The molecule has 0 spiro atoms. The van der Waals surface area contributed by atoms with Gasteiger partial charge in [0.2, 0.25) is 5.82 Å². The van der Waals surface area contributed by atoms with Gasteiger partial charge in [-0.05, 0) is 0 Å². The van der Waals surface area contributed by atoms with Gasteiger partial charge in [-0.1, -0.05) is 35.5 Å². The number of benzene rings is 1. The highest BCUT2D eigenvalue weighted by Crippen LogP contribution is 2.25. The van der Waals surface area contributed by atoms with Crippen molar-refractivity contribution < 1.29 is 4.52 Å². The van der Waals surface area contributed by atoms with E-state index < -0.39 is 0 Å². The molecule has 0 radical (unpaired) electrons. The Balaban J connectivity index is 2.02. The Morgan fingerprint density at radius 3 is 2.79 bits per heavy atom. The molecule has 1 aromatic carbocycles. The fourth-order valence-electron chi connectivity index (χ4n) is 1.72. The molecule has 1 N–H and O–H groups in total. The molecule has 0 aliphatic rings. The molecule has 3 rings (SSSR count). The Labute approximate surface area is 109 Å². The maximum Gasteiger partial charge on any atom is 0.263 e. The van der Waals surface area contributed by atoms with Gasteiger partial charge in [0.15, 0.2) is 0 Å². The molecule has 2 heterocycles. The van der Waals surface area contributed by atoms with Gasteiger partial charge in [-0.3, -0.25) is 0 Å². The fraction of sp³-hybridized carbons (Fsp3) is 0.0769. The summed E-state index contributed by atoms with van der Waals surface area (Å²) in [6.07, 6.45) is 3.10. The van der Waals surface area contributed by atoms with Gasteiger partial charge in [-0.2, -0.15) is 4.98 Å². The molecule has 3 aromatic rings. The lowest BCUT2D eigenvalue weighted by molar-refractivity contribution is 0.432. The van der Waals surface area contributed by atoms with Crippen LogP contribution in [0.5, 0.6) is 0 Å². The van der Waals surface area contributed by atoms with Crippen molar-refractivity contribution >= 4 is 5.82 Å². The van der Waals surface area contributed by atoms with Gasteiger partial charge in [0.25, 0.3) is 5.89 Å². The average Bonchev–Trinajstić information content (AvgIpc) is 2.98. The standard InChI is InChI=1S/C13H11N5O/c1-14-12-10(7-15-8-16-12)13-17-11(18-19-13)9-5-3-2-4-6-9/h2-8H,1H3,(H,14,15,16). The molecular weight excluding hydrogens is 242 g/mol. The molecule has 6 heteroatoms. The van der Waals surface area contributed by atoms with Crippen molar-refractivity contribution in [2.45, 2.75) is 0 Å². The molecule has 0 atom stereocenters. The number of anilines is 1. The van der Waals surface area contributed by atoms with Crippen molar-refractivity contribution in [2.75, 3.05) is 12.4 Å². The molecule has 0 saturated heterocycles. The number of nitrogens with one attached hydrogen (secondary N) is 1. The fourth-order valence-corrected chi connectivity index (χ4v) is 1.72. The van der Waals surface area contributed by atoms with Crippen LogP contribution in [-0.2, 0) is 0 Å². The SMILES string of the molecule is CNc1ncncc1-c1nc(-c2ccccc2)no1. The summed E-state index contributed by atoms with van der Waals surface area (Å²) in [7, 11) is 1.78. The zero-order chi connectivity index (χ0) is 13.1. The van der Waals surface area contributed by atoms with E-state index in [1.54, 1.807) is 13.2 Å². The number of hydrogen-bond acceptors (Lipinski definition) is 6. The Hall–Kier alpha value is -2.76. The first kappa shape index (κ1) is 11.3. The minimum absolute atomic E-state index is 0.392. The Kier molecular flexibility index (Phi) is 2.89. The zero-order valence-corrected chi connectivity index (χ0v) is 10.2. The monoisotopic (exact) mass is 253 g/mol. The third kappa shape index (κ3) is 2.15. The minimum atomic E-state index is 0.392. The summed E-state index contributed by atoms with van der Waals surface area (Å²) in [5.41, 5.74) is 1.58. The van der Waals surface area contributed by atoms with Gasteiger partial charge in [0.1, 0.15) is 17.7 Å². The molecule has 0 aliphatic carbocycles. The summed E-state index contributed by atoms with van der Waals surface area (Å²) >= 11 is 0. The number of rotatable bonds is 3. The smallest absolute Gasteiger partial charge is 0.263 e. The van der Waals surface area contributed by atoms with Gasteiger partial charge < -0.3 is 9.84 Å². The van der Waals surface area contributed by atoms with Crippen molar-refractivity contribution in [1.82, 2.24) is 20.1 Å². The predicted octanol–water partition coefficient (Wildman–Crippen LogP) is 2.24. The maximum absolute atomic E-state index is 5.27. The molecule has 0 saturated carbocycles. The largest absolute Gasteiger partial charge is 0.372 e. The first-order valence-corrected chi connectivity index (χ1v) is 5.76. The summed E-state index contributed by atoms with van der Waals surface area (Å²) in [6.45, 7) is 0. The summed E-state index contributed by atoms with van der Waals surface area (Å²) in [5.74, 6) is 1.59. The lowest BCUT2D eigenvalue weighted by atomic mass is 10.2. The van der Waals surface area contributed by atoms with Gasteiger partial charge in [-0.25, -0.2) is 9.97 Å². The molecule has 0 fully saturated rings. The van der Waals surface area contributed by atoms with Crippen molar-refractivity contribution in [3.8, 4) is 22.8 Å². The van der Waals surface area contributed by atoms with Crippen LogP contribution in [-0.4, -0.2) is 27.2 Å². The van der Waals surface area contributed by atoms with Crippen molar-refractivity contribution in [2.24, 2.45) is 0 Å². The van der Waals surface area contributed by atoms with Gasteiger partial charge >= 0.3 is 0 Å². The second-order valence-corrected chi connectivity index (χ2v) is 3.82. The topological polar surface area (TPSA) is 76.7 Å². The molecular formula is C13H11N5O. The van der Waals surface area contributed by atoms with Crippen LogP contribution in [0, 0.1) is 0 Å². The number of hydrogen-bond donors (Lipinski definition) is 1. The second-order valence-electron chi connectivity index (χ2n) is 3.82. The van der Waals surface area contributed by atoms with E-state index in [9.17, 15) is 0 Å². The highest BCUT2D eigenvalue weighted by molar-refractivity contribution is 5.68. The Bertz CT molecular complexity index is 680. The quantitative estimate of drug-likeness (QED) is 0.771.